The second-order valence-corrected chi connectivity index (χ2v) is 6.32. The number of nitrogens with zero attached hydrogens (tertiary/aromatic N) is 1. The maximum Gasteiger partial charge on any atom is 0.387 e. The van der Waals surface area contributed by atoms with E-state index in [9.17, 15) is 13.6 Å². The number of halogens is 2. The zero-order chi connectivity index (χ0) is 20.1. The van der Waals surface area contributed by atoms with E-state index in [0.29, 0.717) is 49.8 Å². The van der Waals surface area contributed by atoms with Crippen molar-refractivity contribution >= 4 is 5.91 Å². The van der Waals surface area contributed by atoms with Crippen molar-refractivity contribution in [2.24, 2.45) is 0 Å². The molecule has 0 radical (unpaired) electrons. The highest BCUT2D eigenvalue weighted by atomic mass is 19.3. The monoisotopic (exact) mass is 391 g/mol. The summed E-state index contributed by atoms with van der Waals surface area (Å²) in [5, 5.41) is 0. The third-order valence-electron chi connectivity index (χ3n) is 4.47. The number of hydrogen-bond donors (Lipinski definition) is 0. The standard InChI is InChI=1S/C21H23F2NO4/c1-3-26-18-11-14-8-9-24(13-16(14)12-19(18)27-4-2)20(25)15-6-5-7-17(10-15)28-21(22)23/h5-7,10-12,21H,3-4,8-9,13H2,1-2H3. The number of fused-ring (bicyclic) bond motifs is 1. The first-order valence-corrected chi connectivity index (χ1v) is 9.27. The second kappa shape index (κ2) is 8.91. The van der Waals surface area contributed by atoms with E-state index in [1.807, 2.05) is 26.0 Å². The third kappa shape index (κ3) is 4.52. The molecule has 2 aromatic rings. The molecule has 0 aromatic heterocycles. The molecule has 1 amide bonds. The molecule has 0 fully saturated rings. The molecule has 0 aliphatic carbocycles. The van der Waals surface area contributed by atoms with Crippen molar-refractivity contribution in [3.05, 3.63) is 53.1 Å². The molecule has 1 aliphatic heterocycles. The molecule has 7 heteroatoms. The molecule has 0 unspecified atom stereocenters. The van der Waals surface area contributed by atoms with E-state index in [1.165, 1.54) is 18.2 Å². The van der Waals surface area contributed by atoms with Crippen molar-refractivity contribution in [1.29, 1.82) is 0 Å². The van der Waals surface area contributed by atoms with E-state index in [0.717, 1.165) is 11.1 Å². The minimum atomic E-state index is -2.93. The summed E-state index contributed by atoms with van der Waals surface area (Å²) in [6.07, 6.45) is 0.681. The normalized spacial score (nSPS) is 13.2. The summed E-state index contributed by atoms with van der Waals surface area (Å²) in [6.45, 7) is 2.90. The lowest BCUT2D eigenvalue weighted by molar-refractivity contribution is -0.0499. The molecule has 1 aliphatic rings. The SMILES string of the molecule is CCOc1cc2c(cc1OCC)CN(C(=O)c1cccc(OC(F)F)c1)CC2. The zero-order valence-electron chi connectivity index (χ0n) is 15.9. The van der Waals surface area contributed by atoms with Gasteiger partial charge in [-0.15, -0.1) is 0 Å². The molecule has 0 saturated heterocycles. The van der Waals surface area contributed by atoms with Gasteiger partial charge < -0.3 is 19.1 Å². The number of hydrogen-bond acceptors (Lipinski definition) is 4. The van der Waals surface area contributed by atoms with Crippen LogP contribution in [0.5, 0.6) is 17.2 Å². The summed E-state index contributed by atoms with van der Waals surface area (Å²) in [5.74, 6) is 1.11. The first kappa shape index (κ1) is 19.9. The number of ether oxygens (including phenoxy) is 3. The van der Waals surface area contributed by atoms with Crippen LogP contribution in [-0.2, 0) is 13.0 Å². The molecule has 28 heavy (non-hydrogen) atoms. The van der Waals surface area contributed by atoms with Gasteiger partial charge in [0.15, 0.2) is 11.5 Å². The number of alkyl halides is 2. The van der Waals surface area contributed by atoms with Crippen LogP contribution >= 0.6 is 0 Å². The Morgan fingerprint density at radius 3 is 2.39 bits per heavy atom. The minimum Gasteiger partial charge on any atom is -0.490 e. The Morgan fingerprint density at radius 2 is 1.75 bits per heavy atom. The largest absolute Gasteiger partial charge is 0.490 e. The molecule has 0 saturated carbocycles. The van der Waals surface area contributed by atoms with Crippen LogP contribution in [0.1, 0.15) is 35.3 Å². The Hall–Kier alpha value is -2.83. The fourth-order valence-electron chi connectivity index (χ4n) is 3.26. The van der Waals surface area contributed by atoms with Gasteiger partial charge in [-0.1, -0.05) is 6.07 Å². The predicted molar refractivity (Wildman–Crippen MR) is 100 cm³/mol. The van der Waals surface area contributed by atoms with E-state index in [2.05, 4.69) is 4.74 Å². The van der Waals surface area contributed by atoms with E-state index in [-0.39, 0.29) is 11.7 Å². The Bertz CT molecular complexity index is 841. The first-order chi connectivity index (χ1) is 13.5. The molecular formula is C21H23F2NO4. The summed E-state index contributed by atoms with van der Waals surface area (Å²) in [4.78, 5) is 14.5. The number of carbonyl (C=O) groups is 1. The number of carbonyl (C=O) groups excluding carboxylic acids is 1. The van der Waals surface area contributed by atoms with Crippen LogP contribution in [-0.4, -0.2) is 37.2 Å². The molecule has 5 nitrogen and oxygen atoms in total. The Kier molecular flexibility index (Phi) is 6.34. The van der Waals surface area contributed by atoms with Crippen LogP contribution in [0, 0.1) is 0 Å². The summed E-state index contributed by atoms with van der Waals surface area (Å²) in [5.41, 5.74) is 2.43. The highest BCUT2D eigenvalue weighted by Crippen LogP contribution is 2.34. The lowest BCUT2D eigenvalue weighted by Gasteiger charge is -2.30. The predicted octanol–water partition coefficient (Wildman–Crippen LogP) is 4.28. The molecule has 0 spiro atoms. The summed E-state index contributed by atoms with van der Waals surface area (Å²) in [7, 11) is 0. The molecule has 3 rings (SSSR count). The van der Waals surface area contributed by atoms with Gasteiger partial charge in [-0.3, -0.25) is 4.79 Å². The van der Waals surface area contributed by atoms with Crippen molar-refractivity contribution in [3.8, 4) is 17.2 Å². The molecule has 0 atom stereocenters. The van der Waals surface area contributed by atoms with Crippen LogP contribution in [0.2, 0.25) is 0 Å². The Balaban J connectivity index is 1.80. The van der Waals surface area contributed by atoms with Gasteiger partial charge in [-0.05, 0) is 61.7 Å². The van der Waals surface area contributed by atoms with Crippen LogP contribution in [0.4, 0.5) is 8.78 Å². The minimum absolute atomic E-state index is 0.0294. The van der Waals surface area contributed by atoms with Crippen LogP contribution in [0.3, 0.4) is 0 Å². The molecule has 0 bridgehead atoms. The van der Waals surface area contributed by atoms with Crippen molar-refractivity contribution in [2.45, 2.75) is 33.4 Å². The van der Waals surface area contributed by atoms with Gasteiger partial charge in [0.05, 0.1) is 13.2 Å². The lowest BCUT2D eigenvalue weighted by atomic mass is 9.98. The average Bonchev–Trinajstić information content (AvgIpc) is 2.67. The number of rotatable bonds is 7. The quantitative estimate of drug-likeness (QED) is 0.707. The Labute approximate surface area is 162 Å². The smallest absolute Gasteiger partial charge is 0.387 e. The fraction of sp³-hybridized carbons (Fsp3) is 0.381. The second-order valence-electron chi connectivity index (χ2n) is 6.32. The van der Waals surface area contributed by atoms with E-state index >= 15 is 0 Å². The lowest BCUT2D eigenvalue weighted by Crippen LogP contribution is -2.36. The summed E-state index contributed by atoms with van der Waals surface area (Å²) in [6, 6.07) is 9.76. The van der Waals surface area contributed by atoms with Crippen LogP contribution in [0.25, 0.3) is 0 Å². The van der Waals surface area contributed by atoms with E-state index in [1.54, 1.807) is 11.0 Å². The summed E-state index contributed by atoms with van der Waals surface area (Å²) < 4.78 is 40.6. The fourth-order valence-corrected chi connectivity index (χ4v) is 3.26. The number of benzene rings is 2. The zero-order valence-corrected chi connectivity index (χ0v) is 15.9. The van der Waals surface area contributed by atoms with Gasteiger partial charge in [0, 0.05) is 18.7 Å². The van der Waals surface area contributed by atoms with Gasteiger partial charge >= 0.3 is 6.61 Å². The maximum absolute atomic E-state index is 12.9. The van der Waals surface area contributed by atoms with Gasteiger partial charge in [0.25, 0.3) is 5.91 Å². The third-order valence-corrected chi connectivity index (χ3v) is 4.47. The molecular weight excluding hydrogens is 368 g/mol. The highest BCUT2D eigenvalue weighted by molar-refractivity contribution is 5.94. The molecule has 2 aromatic carbocycles. The van der Waals surface area contributed by atoms with Crippen molar-refractivity contribution in [3.63, 3.8) is 0 Å². The van der Waals surface area contributed by atoms with Gasteiger partial charge in [0.1, 0.15) is 5.75 Å². The van der Waals surface area contributed by atoms with E-state index in [4.69, 9.17) is 9.47 Å². The topological polar surface area (TPSA) is 48.0 Å². The molecule has 1 heterocycles. The van der Waals surface area contributed by atoms with Crippen LogP contribution < -0.4 is 14.2 Å². The van der Waals surface area contributed by atoms with Crippen molar-refractivity contribution in [2.75, 3.05) is 19.8 Å². The van der Waals surface area contributed by atoms with Gasteiger partial charge in [-0.2, -0.15) is 8.78 Å². The first-order valence-electron chi connectivity index (χ1n) is 9.27. The van der Waals surface area contributed by atoms with E-state index < -0.39 is 6.61 Å². The Morgan fingerprint density at radius 1 is 1.07 bits per heavy atom. The van der Waals surface area contributed by atoms with Gasteiger partial charge in [0.2, 0.25) is 0 Å². The summed E-state index contributed by atoms with van der Waals surface area (Å²) >= 11 is 0. The molecule has 0 N–H and O–H groups in total. The van der Waals surface area contributed by atoms with Crippen molar-refractivity contribution in [1.82, 2.24) is 4.90 Å². The van der Waals surface area contributed by atoms with Crippen LogP contribution in [0.15, 0.2) is 36.4 Å². The maximum atomic E-state index is 12.9. The van der Waals surface area contributed by atoms with Crippen molar-refractivity contribution < 1.29 is 27.8 Å². The average molecular weight is 391 g/mol. The molecule has 150 valence electrons. The van der Waals surface area contributed by atoms with Gasteiger partial charge in [-0.25, -0.2) is 0 Å². The highest BCUT2D eigenvalue weighted by Gasteiger charge is 2.24. The number of amides is 1.